The van der Waals surface area contributed by atoms with Crippen LogP contribution < -0.4 is 4.74 Å². The van der Waals surface area contributed by atoms with Crippen molar-refractivity contribution in [3.63, 3.8) is 0 Å². The Hall–Kier alpha value is -3.27. The minimum atomic E-state index is 0.131. The Morgan fingerprint density at radius 3 is 2.61 bits per heavy atom. The van der Waals surface area contributed by atoms with E-state index in [2.05, 4.69) is 42.0 Å². The molecule has 28 heavy (non-hydrogen) atoms. The predicted octanol–water partition coefficient (Wildman–Crippen LogP) is 5.78. The Morgan fingerprint density at radius 2 is 1.79 bits per heavy atom. The van der Waals surface area contributed by atoms with E-state index in [0.717, 1.165) is 39.4 Å². The molecule has 140 valence electrons. The highest BCUT2D eigenvalue weighted by molar-refractivity contribution is 6.07. The second-order valence-electron chi connectivity index (χ2n) is 7.20. The fourth-order valence-electron chi connectivity index (χ4n) is 3.51. The molecule has 4 heteroatoms. The molecule has 2 atom stereocenters. The van der Waals surface area contributed by atoms with E-state index in [-0.39, 0.29) is 11.8 Å². The van der Waals surface area contributed by atoms with Crippen molar-refractivity contribution in [2.75, 3.05) is 7.11 Å². The van der Waals surface area contributed by atoms with Crippen LogP contribution in [0.5, 0.6) is 5.75 Å². The van der Waals surface area contributed by atoms with Crippen LogP contribution in [-0.4, -0.2) is 24.0 Å². The largest absolute Gasteiger partial charge is 0.497 e. The molecule has 2 unspecified atom stereocenters. The number of aliphatic imine (C=N–C) groups is 1. The van der Waals surface area contributed by atoms with Gasteiger partial charge in [0, 0.05) is 40.7 Å². The van der Waals surface area contributed by atoms with Crippen LogP contribution in [0.4, 0.5) is 5.69 Å². The van der Waals surface area contributed by atoms with Crippen molar-refractivity contribution in [1.82, 2.24) is 4.98 Å². The number of hydrogen-bond donors (Lipinski definition) is 1. The summed E-state index contributed by atoms with van der Waals surface area (Å²) in [7, 11) is 1.67. The van der Waals surface area contributed by atoms with Crippen molar-refractivity contribution < 1.29 is 4.74 Å². The first kappa shape index (κ1) is 18.1. The topological polar surface area (TPSA) is 58.3 Å². The van der Waals surface area contributed by atoms with Gasteiger partial charge in [-0.15, -0.1) is 0 Å². The summed E-state index contributed by atoms with van der Waals surface area (Å²) < 4.78 is 5.37. The zero-order valence-electron chi connectivity index (χ0n) is 16.3. The van der Waals surface area contributed by atoms with Crippen LogP contribution in [0.3, 0.4) is 0 Å². The molecular weight excluding hydrogens is 346 g/mol. The van der Waals surface area contributed by atoms with E-state index in [9.17, 15) is 0 Å². The maximum Gasteiger partial charge on any atom is 0.119 e. The monoisotopic (exact) mass is 369 g/mol. The lowest BCUT2D eigenvalue weighted by molar-refractivity contribution is 0.415. The number of pyridine rings is 1. The molecule has 0 aliphatic carbocycles. The van der Waals surface area contributed by atoms with Gasteiger partial charge in [0.25, 0.3) is 0 Å². The minimum absolute atomic E-state index is 0.131. The number of aromatic nitrogens is 1. The van der Waals surface area contributed by atoms with Gasteiger partial charge in [-0.05, 0) is 41.8 Å². The third-order valence-corrected chi connectivity index (χ3v) is 5.44. The first-order valence-corrected chi connectivity index (χ1v) is 9.45. The van der Waals surface area contributed by atoms with Crippen molar-refractivity contribution in [1.29, 1.82) is 5.41 Å². The van der Waals surface area contributed by atoms with Crippen molar-refractivity contribution in [2.45, 2.75) is 13.8 Å². The number of ether oxygens (including phenoxy) is 1. The smallest absolute Gasteiger partial charge is 0.119 e. The summed E-state index contributed by atoms with van der Waals surface area (Å²) >= 11 is 0. The van der Waals surface area contributed by atoms with Gasteiger partial charge in [0.1, 0.15) is 5.75 Å². The number of benzene rings is 2. The van der Waals surface area contributed by atoms with Gasteiger partial charge in [0.2, 0.25) is 0 Å². The summed E-state index contributed by atoms with van der Waals surface area (Å²) in [6.45, 7) is 4.20. The molecule has 2 aromatic carbocycles. The summed E-state index contributed by atoms with van der Waals surface area (Å²) in [5.74, 6) is 1.18. The molecule has 4 nitrogen and oxygen atoms in total. The minimum Gasteiger partial charge on any atom is -0.497 e. The van der Waals surface area contributed by atoms with E-state index < -0.39 is 0 Å². The number of methoxy groups -OCH3 is 1. The van der Waals surface area contributed by atoms with E-state index in [1.807, 2.05) is 42.6 Å². The lowest BCUT2D eigenvalue weighted by Gasteiger charge is -2.16. The Kier molecular flexibility index (Phi) is 4.78. The van der Waals surface area contributed by atoms with Crippen LogP contribution in [0.2, 0.25) is 0 Å². The first-order valence-electron chi connectivity index (χ1n) is 9.45. The molecule has 1 aliphatic rings. The highest BCUT2D eigenvalue weighted by Gasteiger charge is 2.23. The van der Waals surface area contributed by atoms with Crippen molar-refractivity contribution in [3.05, 3.63) is 66.4 Å². The normalized spacial score (nSPS) is 18.5. The van der Waals surface area contributed by atoms with Crippen LogP contribution >= 0.6 is 0 Å². The Morgan fingerprint density at radius 1 is 0.929 bits per heavy atom. The van der Waals surface area contributed by atoms with Gasteiger partial charge in [0.05, 0.1) is 18.5 Å². The maximum absolute atomic E-state index is 8.66. The zero-order valence-corrected chi connectivity index (χ0v) is 16.3. The molecule has 4 rings (SSSR count). The average molecular weight is 369 g/mol. The van der Waals surface area contributed by atoms with Gasteiger partial charge in [-0.2, -0.15) is 0 Å². The average Bonchev–Trinajstić information content (AvgIpc) is 2.85. The van der Waals surface area contributed by atoms with Crippen molar-refractivity contribution in [2.24, 2.45) is 16.8 Å². The molecular formula is C24H23N3O. The molecule has 0 fully saturated rings. The number of fused-ring (bicyclic) bond motifs is 1. The molecule has 0 saturated carbocycles. The molecule has 1 N–H and O–H groups in total. The van der Waals surface area contributed by atoms with Crippen LogP contribution in [0, 0.1) is 17.2 Å². The van der Waals surface area contributed by atoms with Crippen LogP contribution in [0.25, 0.3) is 22.4 Å². The van der Waals surface area contributed by atoms with Gasteiger partial charge in [0.15, 0.2) is 0 Å². The number of nitrogens with zero attached hydrogens (tertiary/aromatic N) is 2. The summed E-state index contributed by atoms with van der Waals surface area (Å²) in [5, 5.41) is 8.66. The van der Waals surface area contributed by atoms with E-state index >= 15 is 0 Å². The van der Waals surface area contributed by atoms with Crippen molar-refractivity contribution in [3.8, 4) is 28.1 Å². The predicted molar refractivity (Wildman–Crippen MR) is 115 cm³/mol. The summed E-state index contributed by atoms with van der Waals surface area (Å²) in [4.78, 5) is 9.25. The van der Waals surface area contributed by atoms with E-state index in [4.69, 9.17) is 10.1 Å². The van der Waals surface area contributed by atoms with Crippen LogP contribution in [0.1, 0.15) is 19.4 Å². The fourth-order valence-corrected chi connectivity index (χ4v) is 3.51. The zero-order chi connectivity index (χ0) is 19.7. The van der Waals surface area contributed by atoms with Gasteiger partial charge < -0.3 is 10.1 Å². The number of hydrogen-bond acceptors (Lipinski definition) is 4. The molecule has 0 spiro atoms. The third-order valence-electron chi connectivity index (χ3n) is 5.44. The van der Waals surface area contributed by atoms with Gasteiger partial charge in [-0.1, -0.05) is 38.1 Å². The summed E-state index contributed by atoms with van der Waals surface area (Å²) in [6, 6.07) is 18.1. The van der Waals surface area contributed by atoms with E-state index in [1.165, 1.54) is 0 Å². The lowest BCUT2D eigenvalue weighted by atomic mass is 9.87. The van der Waals surface area contributed by atoms with E-state index in [1.54, 1.807) is 13.3 Å². The maximum atomic E-state index is 8.66. The SMILES string of the molecule is COc1cccc(-c2ncccc2-c2ccc3c(c2)C(=N)C(C)C(C)C=N3)c1. The molecule has 3 aromatic rings. The van der Waals surface area contributed by atoms with E-state index in [0.29, 0.717) is 5.71 Å². The molecule has 1 aromatic heterocycles. The second-order valence-corrected chi connectivity index (χ2v) is 7.20. The molecule has 2 heterocycles. The standard InChI is InChI=1S/C24H23N3O/c1-15-14-27-22-10-9-17(13-21(22)23(25)16(15)2)20-8-5-11-26-24(20)18-6-4-7-19(12-18)28-3/h4-16,25H,1-3H3. The summed E-state index contributed by atoms with van der Waals surface area (Å²) in [5.41, 5.74) is 6.34. The van der Waals surface area contributed by atoms with Crippen molar-refractivity contribution >= 4 is 17.6 Å². The van der Waals surface area contributed by atoms with Crippen LogP contribution in [-0.2, 0) is 0 Å². The molecule has 0 radical (unpaired) electrons. The molecule has 0 saturated heterocycles. The molecule has 1 aliphatic heterocycles. The second kappa shape index (κ2) is 7.39. The fraction of sp³-hybridized carbons (Fsp3) is 0.208. The number of rotatable bonds is 3. The highest BCUT2D eigenvalue weighted by atomic mass is 16.5. The van der Waals surface area contributed by atoms with Gasteiger partial charge in [-0.25, -0.2) is 0 Å². The van der Waals surface area contributed by atoms with Crippen LogP contribution in [0.15, 0.2) is 65.8 Å². The highest BCUT2D eigenvalue weighted by Crippen LogP contribution is 2.36. The lowest BCUT2D eigenvalue weighted by Crippen LogP contribution is -2.18. The number of nitrogens with one attached hydrogen (secondary N) is 1. The first-order chi connectivity index (χ1) is 13.6. The Labute approximate surface area is 165 Å². The quantitative estimate of drug-likeness (QED) is 0.636. The Bertz CT molecular complexity index is 1070. The summed E-state index contributed by atoms with van der Waals surface area (Å²) in [6.07, 6.45) is 3.76. The molecule has 0 bridgehead atoms. The van der Waals surface area contributed by atoms with Gasteiger partial charge >= 0.3 is 0 Å². The third kappa shape index (κ3) is 3.22. The van der Waals surface area contributed by atoms with Gasteiger partial charge in [-0.3, -0.25) is 9.98 Å². The molecule has 0 amide bonds. The Balaban J connectivity index is 1.84.